The lowest BCUT2D eigenvalue weighted by atomic mass is 10.1. The van der Waals surface area contributed by atoms with Crippen molar-refractivity contribution < 1.29 is 4.79 Å². The first-order valence-corrected chi connectivity index (χ1v) is 7.98. The Bertz CT molecular complexity index is 666. The molecule has 1 aliphatic rings. The topological polar surface area (TPSA) is 84.7 Å². The summed E-state index contributed by atoms with van der Waals surface area (Å²) in [6.07, 6.45) is 5.17. The number of carbonyl (C=O) groups excluding carboxylic acids is 1. The van der Waals surface area contributed by atoms with Gasteiger partial charge in [-0.05, 0) is 18.6 Å². The van der Waals surface area contributed by atoms with Crippen molar-refractivity contribution in [1.82, 2.24) is 25.1 Å². The van der Waals surface area contributed by atoms with E-state index in [2.05, 4.69) is 39.5 Å². The second-order valence-electron chi connectivity index (χ2n) is 6.13. The van der Waals surface area contributed by atoms with Gasteiger partial charge in [0.2, 0.25) is 5.91 Å². The SMILES string of the molecule is CC(C)c1nc2n(n1)CC(NCC(=O)Nc1cccnc1)CC2. The highest BCUT2D eigenvalue weighted by Crippen LogP contribution is 2.16. The summed E-state index contributed by atoms with van der Waals surface area (Å²) >= 11 is 0. The Morgan fingerprint density at radius 3 is 3.09 bits per heavy atom. The molecule has 2 aromatic heterocycles. The largest absolute Gasteiger partial charge is 0.324 e. The molecule has 0 aliphatic carbocycles. The van der Waals surface area contributed by atoms with Crippen LogP contribution in [-0.4, -0.2) is 38.2 Å². The summed E-state index contributed by atoms with van der Waals surface area (Å²) in [5, 5.41) is 10.7. The number of pyridine rings is 1. The van der Waals surface area contributed by atoms with E-state index in [9.17, 15) is 4.79 Å². The maximum atomic E-state index is 12.0. The number of hydrogen-bond donors (Lipinski definition) is 2. The fourth-order valence-electron chi connectivity index (χ4n) is 2.62. The Hall–Kier alpha value is -2.28. The van der Waals surface area contributed by atoms with Gasteiger partial charge < -0.3 is 10.6 Å². The summed E-state index contributed by atoms with van der Waals surface area (Å²) in [6.45, 7) is 5.23. The van der Waals surface area contributed by atoms with Gasteiger partial charge in [-0.15, -0.1) is 0 Å². The average Bonchev–Trinajstić information content (AvgIpc) is 2.97. The van der Waals surface area contributed by atoms with Crippen molar-refractivity contribution in [2.45, 2.75) is 45.2 Å². The first kappa shape index (κ1) is 15.6. The second-order valence-corrected chi connectivity index (χ2v) is 6.13. The third-order valence-corrected chi connectivity index (χ3v) is 3.89. The molecule has 0 aromatic carbocycles. The smallest absolute Gasteiger partial charge is 0.238 e. The van der Waals surface area contributed by atoms with Crippen molar-refractivity contribution in [2.24, 2.45) is 0 Å². The van der Waals surface area contributed by atoms with Crippen LogP contribution in [0.15, 0.2) is 24.5 Å². The summed E-state index contributed by atoms with van der Waals surface area (Å²) in [4.78, 5) is 20.5. The van der Waals surface area contributed by atoms with Crippen LogP contribution in [0.2, 0.25) is 0 Å². The van der Waals surface area contributed by atoms with Crippen molar-refractivity contribution in [3.63, 3.8) is 0 Å². The van der Waals surface area contributed by atoms with E-state index in [-0.39, 0.29) is 18.5 Å². The molecule has 0 saturated heterocycles. The Morgan fingerprint density at radius 2 is 2.35 bits per heavy atom. The maximum absolute atomic E-state index is 12.0. The number of nitrogens with zero attached hydrogens (tertiary/aromatic N) is 4. The number of aryl methyl sites for hydroxylation is 1. The van der Waals surface area contributed by atoms with Crippen LogP contribution < -0.4 is 10.6 Å². The number of anilines is 1. The van der Waals surface area contributed by atoms with E-state index in [4.69, 9.17) is 0 Å². The highest BCUT2D eigenvalue weighted by molar-refractivity contribution is 5.92. The average molecular weight is 314 g/mol. The van der Waals surface area contributed by atoms with Crippen molar-refractivity contribution in [3.05, 3.63) is 36.2 Å². The molecule has 1 amide bonds. The van der Waals surface area contributed by atoms with Crippen LogP contribution >= 0.6 is 0 Å². The first-order valence-electron chi connectivity index (χ1n) is 7.98. The standard InChI is InChI=1S/C16H22N6O/c1-11(2)16-20-14-6-5-13(10-22(14)21-16)18-9-15(23)19-12-4-3-7-17-8-12/h3-4,7-8,11,13,18H,5-6,9-10H2,1-2H3,(H,19,23). The fraction of sp³-hybridized carbons (Fsp3) is 0.500. The molecule has 0 spiro atoms. The lowest BCUT2D eigenvalue weighted by Crippen LogP contribution is -2.41. The van der Waals surface area contributed by atoms with Gasteiger partial charge in [0.15, 0.2) is 5.82 Å². The van der Waals surface area contributed by atoms with E-state index in [1.807, 2.05) is 10.7 Å². The van der Waals surface area contributed by atoms with Gasteiger partial charge in [-0.2, -0.15) is 5.10 Å². The molecular formula is C16H22N6O. The van der Waals surface area contributed by atoms with E-state index in [0.29, 0.717) is 11.6 Å². The molecule has 0 fully saturated rings. The van der Waals surface area contributed by atoms with Gasteiger partial charge in [-0.1, -0.05) is 13.8 Å². The number of nitrogens with one attached hydrogen (secondary N) is 2. The normalized spacial score (nSPS) is 17.1. The van der Waals surface area contributed by atoms with Gasteiger partial charge in [0.25, 0.3) is 0 Å². The molecule has 2 aromatic rings. The summed E-state index contributed by atoms with van der Waals surface area (Å²) < 4.78 is 1.97. The number of rotatable bonds is 5. The number of aromatic nitrogens is 4. The molecule has 3 rings (SSSR count). The Balaban J connectivity index is 1.50. The molecule has 7 nitrogen and oxygen atoms in total. The van der Waals surface area contributed by atoms with E-state index < -0.39 is 0 Å². The van der Waals surface area contributed by atoms with Gasteiger partial charge in [0.1, 0.15) is 5.82 Å². The Morgan fingerprint density at radius 1 is 1.48 bits per heavy atom. The molecule has 0 radical (unpaired) electrons. The van der Waals surface area contributed by atoms with Crippen molar-refractivity contribution >= 4 is 11.6 Å². The summed E-state index contributed by atoms with van der Waals surface area (Å²) in [5.74, 6) is 2.22. The van der Waals surface area contributed by atoms with E-state index >= 15 is 0 Å². The van der Waals surface area contributed by atoms with Crippen molar-refractivity contribution in [2.75, 3.05) is 11.9 Å². The Labute approximate surface area is 135 Å². The van der Waals surface area contributed by atoms with E-state index in [1.54, 1.807) is 18.5 Å². The predicted octanol–water partition coefficient (Wildman–Crippen LogP) is 1.34. The molecule has 23 heavy (non-hydrogen) atoms. The van der Waals surface area contributed by atoms with Gasteiger partial charge in [-0.3, -0.25) is 9.78 Å². The van der Waals surface area contributed by atoms with Gasteiger partial charge in [0, 0.05) is 24.6 Å². The van der Waals surface area contributed by atoms with Gasteiger partial charge in [-0.25, -0.2) is 9.67 Å². The predicted molar refractivity (Wildman–Crippen MR) is 87.1 cm³/mol. The third-order valence-electron chi connectivity index (χ3n) is 3.89. The Kier molecular flexibility index (Phi) is 4.66. The minimum atomic E-state index is -0.0646. The summed E-state index contributed by atoms with van der Waals surface area (Å²) in [5.41, 5.74) is 0.711. The molecule has 122 valence electrons. The van der Waals surface area contributed by atoms with Crippen LogP contribution in [0.3, 0.4) is 0 Å². The van der Waals surface area contributed by atoms with Gasteiger partial charge >= 0.3 is 0 Å². The lowest BCUT2D eigenvalue weighted by Gasteiger charge is -2.23. The molecule has 1 atom stereocenters. The van der Waals surface area contributed by atoms with Crippen LogP contribution in [0.5, 0.6) is 0 Å². The second kappa shape index (κ2) is 6.87. The maximum Gasteiger partial charge on any atom is 0.238 e. The quantitative estimate of drug-likeness (QED) is 0.870. The lowest BCUT2D eigenvalue weighted by molar-refractivity contribution is -0.115. The van der Waals surface area contributed by atoms with Crippen LogP contribution in [0.25, 0.3) is 0 Å². The zero-order valence-corrected chi connectivity index (χ0v) is 13.5. The first-order chi connectivity index (χ1) is 11.1. The molecule has 0 bridgehead atoms. The van der Waals surface area contributed by atoms with Crippen LogP contribution in [0, 0.1) is 0 Å². The minimum absolute atomic E-state index is 0.0646. The third kappa shape index (κ3) is 3.92. The molecule has 1 aliphatic heterocycles. The van der Waals surface area contributed by atoms with E-state index in [1.165, 1.54) is 0 Å². The van der Waals surface area contributed by atoms with Crippen LogP contribution in [0.1, 0.15) is 37.8 Å². The zero-order valence-electron chi connectivity index (χ0n) is 13.5. The van der Waals surface area contributed by atoms with Crippen LogP contribution in [0.4, 0.5) is 5.69 Å². The molecule has 2 N–H and O–H groups in total. The number of amides is 1. The summed E-state index contributed by atoms with van der Waals surface area (Å²) in [6, 6.07) is 3.85. The van der Waals surface area contributed by atoms with Crippen LogP contribution in [-0.2, 0) is 17.8 Å². The molecular weight excluding hydrogens is 292 g/mol. The number of carbonyl (C=O) groups is 1. The van der Waals surface area contributed by atoms with E-state index in [0.717, 1.165) is 31.0 Å². The number of fused-ring (bicyclic) bond motifs is 1. The fourth-order valence-corrected chi connectivity index (χ4v) is 2.62. The summed E-state index contributed by atoms with van der Waals surface area (Å²) in [7, 11) is 0. The monoisotopic (exact) mass is 314 g/mol. The number of hydrogen-bond acceptors (Lipinski definition) is 5. The zero-order chi connectivity index (χ0) is 16.2. The molecule has 1 unspecified atom stereocenters. The highest BCUT2D eigenvalue weighted by atomic mass is 16.1. The van der Waals surface area contributed by atoms with Crippen molar-refractivity contribution in [1.29, 1.82) is 0 Å². The molecule has 3 heterocycles. The molecule has 0 saturated carbocycles. The minimum Gasteiger partial charge on any atom is -0.324 e. The highest BCUT2D eigenvalue weighted by Gasteiger charge is 2.22. The van der Waals surface area contributed by atoms with Crippen molar-refractivity contribution in [3.8, 4) is 0 Å². The van der Waals surface area contributed by atoms with Gasteiger partial charge in [0.05, 0.1) is 25.0 Å². The molecule has 7 heteroatoms.